The molecule has 3 N–H and O–H groups in total. The molecule has 1 aromatic heterocycles. The molecule has 4 aliphatic rings. The van der Waals surface area contributed by atoms with E-state index in [4.69, 9.17) is 20.9 Å². The molecular weight excluding hydrogens is 428 g/mol. The van der Waals surface area contributed by atoms with Crippen molar-refractivity contribution in [2.75, 3.05) is 32.0 Å². The van der Waals surface area contributed by atoms with Gasteiger partial charge in [-0.15, -0.1) is 0 Å². The molecule has 33 heavy (non-hydrogen) atoms. The average Bonchev–Trinajstić information content (AvgIpc) is 3.14. The summed E-state index contributed by atoms with van der Waals surface area (Å²) in [5.74, 6) is 1.46. The van der Waals surface area contributed by atoms with Crippen molar-refractivity contribution in [2.45, 2.75) is 63.6 Å². The minimum absolute atomic E-state index is 0.0995. The first kappa shape index (κ1) is 22.7. The van der Waals surface area contributed by atoms with Gasteiger partial charge in [0, 0.05) is 60.7 Å². The molecule has 7 nitrogen and oxygen atoms in total. The molecule has 2 atom stereocenters. The number of nitrogen functional groups attached to an aromatic ring is 1. The van der Waals surface area contributed by atoms with E-state index in [1.165, 1.54) is 37.9 Å². The SMILES string of the molecule is N=C(CC(=NC1CCCC1)C1C2CC(N3CCOCC3)CC21)c1cnc(N)c(OC(F)F)c1. The summed E-state index contributed by atoms with van der Waals surface area (Å²) in [6.07, 6.45) is 8.94. The van der Waals surface area contributed by atoms with Crippen molar-refractivity contribution in [1.82, 2.24) is 9.88 Å². The fourth-order valence-corrected chi connectivity index (χ4v) is 6.16. The molecule has 0 spiro atoms. The lowest BCUT2D eigenvalue weighted by Crippen LogP contribution is -2.43. The van der Waals surface area contributed by atoms with Crippen molar-refractivity contribution in [2.24, 2.45) is 22.7 Å². The Bertz CT molecular complexity index is 887. The molecule has 3 saturated carbocycles. The predicted molar refractivity (Wildman–Crippen MR) is 122 cm³/mol. The van der Waals surface area contributed by atoms with Gasteiger partial charge in [-0.1, -0.05) is 12.8 Å². The summed E-state index contributed by atoms with van der Waals surface area (Å²) in [6.45, 7) is 0.718. The molecule has 1 aliphatic heterocycles. The zero-order chi connectivity index (χ0) is 22.9. The number of morpholine rings is 1. The van der Waals surface area contributed by atoms with E-state index in [0.29, 0.717) is 47.5 Å². The number of nitrogens with two attached hydrogens (primary N) is 1. The van der Waals surface area contributed by atoms with Crippen molar-refractivity contribution in [3.05, 3.63) is 17.8 Å². The standard InChI is InChI=1S/C24H33F2N5O2/c25-24(26)33-21-9-14(13-29-23(21)28)19(27)12-20(30-15-3-1-2-4-15)22-17-10-16(11-18(17)22)31-5-7-32-8-6-31/h9,13,15-18,22,24,27H,1-8,10-12H2,(H2,28,29). The van der Waals surface area contributed by atoms with Gasteiger partial charge in [0.15, 0.2) is 11.6 Å². The molecule has 2 heterocycles. The van der Waals surface area contributed by atoms with Crippen LogP contribution in [0.4, 0.5) is 14.6 Å². The maximum atomic E-state index is 12.7. The van der Waals surface area contributed by atoms with Gasteiger partial charge in [0.1, 0.15) is 0 Å². The number of aliphatic imine (C=N–C) groups is 1. The Labute approximate surface area is 193 Å². The first-order valence-corrected chi connectivity index (χ1v) is 12.2. The highest BCUT2D eigenvalue weighted by Crippen LogP contribution is 2.59. The van der Waals surface area contributed by atoms with Gasteiger partial charge >= 0.3 is 6.61 Å². The van der Waals surface area contributed by atoms with Gasteiger partial charge in [0.2, 0.25) is 0 Å². The van der Waals surface area contributed by atoms with E-state index < -0.39 is 6.61 Å². The van der Waals surface area contributed by atoms with Gasteiger partial charge < -0.3 is 20.6 Å². The molecule has 0 bridgehead atoms. The highest BCUT2D eigenvalue weighted by molar-refractivity contribution is 6.12. The van der Waals surface area contributed by atoms with E-state index in [1.807, 2.05) is 0 Å². The molecule has 0 aromatic carbocycles. The number of alkyl halides is 2. The lowest BCUT2D eigenvalue weighted by atomic mass is 9.96. The van der Waals surface area contributed by atoms with Crippen LogP contribution in [0.1, 0.15) is 50.5 Å². The molecule has 9 heteroatoms. The van der Waals surface area contributed by atoms with Crippen LogP contribution in [-0.4, -0.2) is 66.3 Å². The number of pyridine rings is 1. The lowest BCUT2D eigenvalue weighted by molar-refractivity contribution is -0.0495. The molecule has 1 aromatic rings. The van der Waals surface area contributed by atoms with Crippen LogP contribution in [0.25, 0.3) is 0 Å². The summed E-state index contributed by atoms with van der Waals surface area (Å²) in [7, 11) is 0. The zero-order valence-corrected chi connectivity index (χ0v) is 18.9. The van der Waals surface area contributed by atoms with Crippen LogP contribution in [0.2, 0.25) is 0 Å². The van der Waals surface area contributed by atoms with Crippen LogP contribution < -0.4 is 10.5 Å². The number of nitrogens with zero attached hydrogens (tertiary/aromatic N) is 3. The Morgan fingerprint density at radius 3 is 2.61 bits per heavy atom. The summed E-state index contributed by atoms with van der Waals surface area (Å²) in [5, 5.41) is 8.68. The molecular formula is C24H33F2N5O2. The summed E-state index contributed by atoms with van der Waals surface area (Å²) in [6, 6.07) is 2.39. The van der Waals surface area contributed by atoms with Gasteiger partial charge in [-0.25, -0.2) is 4.98 Å². The highest BCUT2D eigenvalue weighted by Gasteiger charge is 2.58. The molecule has 180 valence electrons. The predicted octanol–water partition coefficient (Wildman–Crippen LogP) is 3.76. The molecule has 0 amide bonds. The quantitative estimate of drug-likeness (QED) is 0.575. The van der Waals surface area contributed by atoms with Crippen molar-refractivity contribution in [3.8, 4) is 5.75 Å². The third-order valence-electron chi connectivity index (χ3n) is 7.84. The zero-order valence-electron chi connectivity index (χ0n) is 18.9. The molecule has 3 aliphatic carbocycles. The second kappa shape index (κ2) is 9.62. The van der Waals surface area contributed by atoms with Crippen molar-refractivity contribution >= 4 is 17.2 Å². The van der Waals surface area contributed by atoms with Gasteiger partial charge in [-0.05, 0) is 43.6 Å². The molecule has 0 radical (unpaired) electrons. The van der Waals surface area contributed by atoms with Crippen molar-refractivity contribution < 1.29 is 18.3 Å². The van der Waals surface area contributed by atoms with Crippen LogP contribution in [0.3, 0.4) is 0 Å². The minimum atomic E-state index is -2.98. The number of anilines is 1. The Morgan fingerprint density at radius 2 is 1.94 bits per heavy atom. The number of nitrogens with one attached hydrogen (secondary N) is 1. The Hall–Kier alpha value is -2.13. The third kappa shape index (κ3) is 5.04. The number of fused-ring (bicyclic) bond motifs is 1. The van der Waals surface area contributed by atoms with Crippen LogP contribution in [0, 0.1) is 23.2 Å². The molecule has 5 rings (SSSR count). The van der Waals surface area contributed by atoms with E-state index in [2.05, 4.69) is 14.6 Å². The fraction of sp³-hybridized carbons (Fsp3) is 0.708. The van der Waals surface area contributed by atoms with Crippen molar-refractivity contribution in [3.63, 3.8) is 0 Å². The van der Waals surface area contributed by atoms with Gasteiger partial charge in [0.05, 0.1) is 13.2 Å². The number of hydrogen-bond acceptors (Lipinski definition) is 7. The Morgan fingerprint density at radius 1 is 1.24 bits per heavy atom. The maximum Gasteiger partial charge on any atom is 0.387 e. The summed E-state index contributed by atoms with van der Waals surface area (Å²) in [4.78, 5) is 11.7. The normalized spacial score (nSPS) is 30.6. The first-order valence-electron chi connectivity index (χ1n) is 12.2. The second-order valence-corrected chi connectivity index (χ2v) is 9.83. The van der Waals surface area contributed by atoms with E-state index in [9.17, 15) is 8.78 Å². The van der Waals surface area contributed by atoms with Crippen LogP contribution in [-0.2, 0) is 4.74 Å². The Balaban J connectivity index is 1.28. The summed E-state index contributed by atoms with van der Waals surface area (Å²) < 4.78 is 35.4. The number of hydrogen-bond donors (Lipinski definition) is 2. The summed E-state index contributed by atoms with van der Waals surface area (Å²) in [5.41, 5.74) is 7.57. The van der Waals surface area contributed by atoms with Crippen LogP contribution in [0.5, 0.6) is 5.75 Å². The number of aromatic nitrogens is 1. The van der Waals surface area contributed by atoms with E-state index in [-0.39, 0.29) is 11.6 Å². The van der Waals surface area contributed by atoms with Gasteiger partial charge in [-0.3, -0.25) is 9.89 Å². The van der Waals surface area contributed by atoms with E-state index in [1.54, 1.807) is 0 Å². The first-order chi connectivity index (χ1) is 16.0. The van der Waals surface area contributed by atoms with E-state index in [0.717, 1.165) is 44.9 Å². The molecule has 2 unspecified atom stereocenters. The summed E-state index contributed by atoms with van der Waals surface area (Å²) >= 11 is 0. The monoisotopic (exact) mass is 461 g/mol. The molecule has 1 saturated heterocycles. The van der Waals surface area contributed by atoms with Crippen LogP contribution >= 0.6 is 0 Å². The average molecular weight is 462 g/mol. The van der Waals surface area contributed by atoms with Gasteiger partial charge in [0.25, 0.3) is 0 Å². The number of halogens is 2. The van der Waals surface area contributed by atoms with E-state index >= 15 is 0 Å². The largest absolute Gasteiger partial charge is 0.431 e. The maximum absolute atomic E-state index is 12.7. The lowest BCUT2D eigenvalue weighted by Gasteiger charge is -2.33. The highest BCUT2D eigenvalue weighted by atomic mass is 19.3. The smallest absolute Gasteiger partial charge is 0.387 e. The van der Waals surface area contributed by atoms with Gasteiger partial charge in [-0.2, -0.15) is 8.78 Å². The fourth-order valence-electron chi connectivity index (χ4n) is 6.16. The van der Waals surface area contributed by atoms with Crippen molar-refractivity contribution in [1.29, 1.82) is 5.41 Å². The topological polar surface area (TPSA) is 96.8 Å². The third-order valence-corrected chi connectivity index (χ3v) is 7.84. The molecule has 4 fully saturated rings. The van der Waals surface area contributed by atoms with Crippen LogP contribution in [0.15, 0.2) is 17.3 Å². The Kier molecular flexibility index (Phi) is 6.60. The number of rotatable bonds is 8. The number of ether oxygens (including phenoxy) is 2. The minimum Gasteiger partial charge on any atom is -0.431 e. The second-order valence-electron chi connectivity index (χ2n) is 9.83.